The van der Waals surface area contributed by atoms with Crippen molar-refractivity contribution in [2.45, 2.75) is 19.5 Å². The molecule has 0 aromatic carbocycles. The molecule has 1 aliphatic rings. The maximum atomic E-state index is 9.41. The lowest BCUT2D eigenvalue weighted by molar-refractivity contribution is 0.395. The van der Waals surface area contributed by atoms with Gasteiger partial charge in [0.05, 0.1) is 19.6 Å². The summed E-state index contributed by atoms with van der Waals surface area (Å²) in [5, 5.41) is 17.4. The lowest BCUT2D eigenvalue weighted by Crippen LogP contribution is -2.42. The molecule has 2 aromatic rings. The van der Waals surface area contributed by atoms with Gasteiger partial charge in [-0.15, -0.1) is 0 Å². The molecule has 7 nitrogen and oxygen atoms in total. The molecule has 3 rings (SSSR count). The second-order valence-corrected chi connectivity index (χ2v) is 5.27. The van der Waals surface area contributed by atoms with E-state index in [9.17, 15) is 5.26 Å². The predicted octanol–water partition coefficient (Wildman–Crippen LogP) is 2.09. The van der Waals surface area contributed by atoms with Crippen LogP contribution in [0, 0.1) is 11.3 Å². The van der Waals surface area contributed by atoms with Crippen LogP contribution in [0.1, 0.15) is 19.4 Å². The molecule has 21 heavy (non-hydrogen) atoms. The quantitative estimate of drug-likeness (QED) is 0.872. The largest absolute Gasteiger partial charge is 0.481 e. The number of nitriles is 1. The molecule has 0 saturated heterocycles. The summed E-state index contributed by atoms with van der Waals surface area (Å²) in [5.41, 5.74) is -0.0626. The Kier molecular flexibility index (Phi) is 2.76. The molecular formula is C14H15N5O2. The zero-order valence-electron chi connectivity index (χ0n) is 12.2. The van der Waals surface area contributed by atoms with Gasteiger partial charge in [0.1, 0.15) is 28.9 Å². The van der Waals surface area contributed by atoms with E-state index in [4.69, 9.17) is 9.47 Å². The number of anilines is 2. The van der Waals surface area contributed by atoms with Crippen LogP contribution < -0.4 is 20.1 Å². The van der Waals surface area contributed by atoms with Crippen molar-refractivity contribution < 1.29 is 9.47 Å². The summed E-state index contributed by atoms with van der Waals surface area (Å²) >= 11 is 0. The van der Waals surface area contributed by atoms with Crippen molar-refractivity contribution in [3.8, 4) is 17.8 Å². The molecule has 0 unspecified atom stereocenters. The van der Waals surface area contributed by atoms with Crippen LogP contribution in [0.25, 0.3) is 10.8 Å². The minimum atomic E-state index is -0.425. The minimum absolute atomic E-state index is 0.282. The van der Waals surface area contributed by atoms with E-state index in [1.165, 1.54) is 7.11 Å². The van der Waals surface area contributed by atoms with E-state index in [2.05, 4.69) is 26.7 Å². The second kappa shape index (κ2) is 4.38. The van der Waals surface area contributed by atoms with Crippen LogP contribution in [-0.4, -0.2) is 29.9 Å². The van der Waals surface area contributed by atoms with Crippen LogP contribution in [0.15, 0.2) is 6.07 Å². The Bertz CT molecular complexity index is 765. The Morgan fingerprint density at radius 3 is 2.38 bits per heavy atom. The van der Waals surface area contributed by atoms with Crippen molar-refractivity contribution in [2.24, 2.45) is 0 Å². The molecule has 2 N–H and O–H groups in total. The van der Waals surface area contributed by atoms with Gasteiger partial charge in [-0.1, -0.05) is 0 Å². The van der Waals surface area contributed by atoms with Crippen LogP contribution in [0.3, 0.4) is 0 Å². The molecule has 3 heterocycles. The first-order chi connectivity index (χ1) is 9.99. The molecule has 1 aliphatic heterocycles. The van der Waals surface area contributed by atoms with Crippen LogP contribution in [0.4, 0.5) is 11.6 Å². The Morgan fingerprint density at radius 1 is 1.14 bits per heavy atom. The van der Waals surface area contributed by atoms with E-state index in [1.54, 1.807) is 13.2 Å². The number of nitrogens with zero attached hydrogens (tertiary/aromatic N) is 3. The van der Waals surface area contributed by atoms with Crippen LogP contribution >= 0.6 is 0 Å². The molecular weight excluding hydrogens is 270 g/mol. The molecule has 108 valence electrons. The fraction of sp³-hybridized carbons (Fsp3) is 0.357. The highest BCUT2D eigenvalue weighted by atomic mass is 16.5. The zero-order valence-corrected chi connectivity index (χ0v) is 12.2. The van der Waals surface area contributed by atoms with Gasteiger partial charge in [-0.2, -0.15) is 15.2 Å². The number of hydrogen-bond acceptors (Lipinski definition) is 7. The van der Waals surface area contributed by atoms with Gasteiger partial charge in [0.15, 0.2) is 0 Å². The summed E-state index contributed by atoms with van der Waals surface area (Å²) in [6.07, 6.45) is 0. The Balaban J connectivity index is 2.44. The molecule has 0 saturated carbocycles. The standard InChI is InChI=1S/C14H15N5O2/c1-14(2)18-11-10-7(5-9(16-11)20-3)8(6-15)13(21-4)17-12(10)19-14/h5H,1-4H3,(H,16,18)(H,17,19). The number of aromatic nitrogens is 2. The first-order valence-electron chi connectivity index (χ1n) is 6.42. The van der Waals surface area contributed by atoms with E-state index >= 15 is 0 Å². The second-order valence-electron chi connectivity index (χ2n) is 5.27. The van der Waals surface area contributed by atoms with Gasteiger partial charge in [-0.25, -0.2) is 0 Å². The van der Waals surface area contributed by atoms with Crippen molar-refractivity contribution >= 4 is 22.4 Å². The summed E-state index contributed by atoms with van der Waals surface area (Å²) in [5.74, 6) is 1.98. The summed E-state index contributed by atoms with van der Waals surface area (Å²) in [6.45, 7) is 3.94. The average molecular weight is 285 g/mol. The molecule has 2 aromatic heterocycles. The monoisotopic (exact) mass is 285 g/mol. The molecule has 0 bridgehead atoms. The highest BCUT2D eigenvalue weighted by molar-refractivity contribution is 6.06. The molecule has 0 spiro atoms. The minimum Gasteiger partial charge on any atom is -0.481 e. The van der Waals surface area contributed by atoms with Gasteiger partial charge in [-0.05, 0) is 13.8 Å². The molecule has 0 fully saturated rings. The third-order valence-electron chi connectivity index (χ3n) is 3.31. The maximum absolute atomic E-state index is 9.41. The summed E-state index contributed by atoms with van der Waals surface area (Å²) in [6, 6.07) is 3.85. The average Bonchev–Trinajstić information content (AvgIpc) is 2.44. The van der Waals surface area contributed by atoms with Gasteiger partial charge in [0.2, 0.25) is 11.8 Å². The Morgan fingerprint density at radius 2 is 1.81 bits per heavy atom. The smallest absolute Gasteiger partial charge is 0.234 e. The molecule has 7 heteroatoms. The number of pyridine rings is 2. The molecule has 0 radical (unpaired) electrons. The van der Waals surface area contributed by atoms with Gasteiger partial charge in [-0.3, -0.25) is 0 Å². The van der Waals surface area contributed by atoms with E-state index in [0.29, 0.717) is 28.5 Å². The summed E-state index contributed by atoms with van der Waals surface area (Å²) in [4.78, 5) is 8.81. The summed E-state index contributed by atoms with van der Waals surface area (Å²) < 4.78 is 10.5. The third-order valence-corrected chi connectivity index (χ3v) is 3.31. The number of rotatable bonds is 2. The normalized spacial score (nSPS) is 14.8. The fourth-order valence-corrected chi connectivity index (χ4v) is 2.45. The lowest BCUT2D eigenvalue weighted by Gasteiger charge is -2.34. The van der Waals surface area contributed by atoms with E-state index < -0.39 is 5.66 Å². The van der Waals surface area contributed by atoms with Crippen molar-refractivity contribution in [3.63, 3.8) is 0 Å². The summed E-state index contributed by atoms with van der Waals surface area (Å²) in [7, 11) is 3.03. The van der Waals surface area contributed by atoms with Crippen molar-refractivity contribution in [2.75, 3.05) is 24.9 Å². The van der Waals surface area contributed by atoms with Gasteiger partial charge >= 0.3 is 0 Å². The van der Waals surface area contributed by atoms with Gasteiger partial charge in [0, 0.05) is 11.5 Å². The Hall–Kier alpha value is -2.75. The first kappa shape index (κ1) is 13.2. The maximum Gasteiger partial charge on any atom is 0.234 e. The van der Waals surface area contributed by atoms with Crippen LogP contribution in [-0.2, 0) is 0 Å². The third kappa shape index (κ3) is 1.96. The van der Waals surface area contributed by atoms with Crippen molar-refractivity contribution in [1.29, 1.82) is 5.26 Å². The lowest BCUT2D eigenvalue weighted by atomic mass is 10.0. The zero-order chi connectivity index (χ0) is 15.2. The molecule has 0 amide bonds. The number of methoxy groups -OCH3 is 2. The number of nitrogens with one attached hydrogen (secondary N) is 2. The topological polar surface area (TPSA) is 92.1 Å². The molecule has 0 aliphatic carbocycles. The SMILES string of the molecule is COc1cc2c(C#N)c(OC)nc3c2c(n1)NC(C)(C)N3. The van der Waals surface area contributed by atoms with E-state index in [-0.39, 0.29) is 5.88 Å². The van der Waals surface area contributed by atoms with E-state index in [0.717, 1.165) is 5.39 Å². The van der Waals surface area contributed by atoms with Gasteiger partial charge < -0.3 is 20.1 Å². The number of hydrogen-bond donors (Lipinski definition) is 2. The van der Waals surface area contributed by atoms with Crippen molar-refractivity contribution in [3.05, 3.63) is 11.6 Å². The van der Waals surface area contributed by atoms with E-state index in [1.807, 2.05) is 13.8 Å². The number of ether oxygens (including phenoxy) is 2. The predicted molar refractivity (Wildman–Crippen MR) is 78.7 cm³/mol. The molecule has 0 atom stereocenters. The Labute approximate surface area is 121 Å². The van der Waals surface area contributed by atoms with Crippen LogP contribution in [0.5, 0.6) is 11.8 Å². The van der Waals surface area contributed by atoms with Gasteiger partial charge in [0.25, 0.3) is 0 Å². The van der Waals surface area contributed by atoms with Crippen molar-refractivity contribution in [1.82, 2.24) is 9.97 Å². The first-order valence-corrected chi connectivity index (χ1v) is 6.42. The fourth-order valence-electron chi connectivity index (χ4n) is 2.45. The van der Waals surface area contributed by atoms with Crippen LogP contribution in [0.2, 0.25) is 0 Å². The highest BCUT2D eigenvalue weighted by Crippen LogP contribution is 2.40. The highest BCUT2D eigenvalue weighted by Gasteiger charge is 2.30.